The van der Waals surface area contributed by atoms with Gasteiger partial charge in [-0.3, -0.25) is 4.79 Å². The molecule has 0 bridgehead atoms. The fourth-order valence-corrected chi connectivity index (χ4v) is 2.51. The van der Waals surface area contributed by atoms with Crippen molar-refractivity contribution in [3.63, 3.8) is 0 Å². The van der Waals surface area contributed by atoms with Crippen molar-refractivity contribution in [1.29, 1.82) is 0 Å². The monoisotopic (exact) mass is 335 g/mol. The molecule has 0 atom stereocenters. The molecule has 1 saturated carbocycles. The van der Waals surface area contributed by atoms with Gasteiger partial charge in [-0.25, -0.2) is 0 Å². The maximum Gasteiger partial charge on any atom is 0.258 e. The van der Waals surface area contributed by atoms with Crippen LogP contribution in [0.25, 0.3) is 0 Å². The van der Waals surface area contributed by atoms with E-state index in [9.17, 15) is 9.90 Å². The standard InChI is InChI=1S/C15H14BrNO3/c16-10-3-6-13(14(18)8-10)15(19)17(11-4-5-11)9-12-2-1-7-20-12/h1-3,6-8,11,18H,4-5,9H2. The molecule has 0 radical (unpaired) electrons. The molecule has 1 aliphatic carbocycles. The summed E-state index contributed by atoms with van der Waals surface area (Å²) in [6.07, 6.45) is 3.61. The van der Waals surface area contributed by atoms with Crippen LogP contribution in [0.5, 0.6) is 5.75 Å². The number of furan rings is 1. The van der Waals surface area contributed by atoms with E-state index in [0.717, 1.165) is 23.1 Å². The Morgan fingerprint density at radius 1 is 1.40 bits per heavy atom. The molecule has 5 heteroatoms. The second-order valence-electron chi connectivity index (χ2n) is 4.91. The highest BCUT2D eigenvalue weighted by Crippen LogP contribution is 2.32. The summed E-state index contributed by atoms with van der Waals surface area (Å²) in [6.45, 7) is 0.437. The van der Waals surface area contributed by atoms with Gasteiger partial charge >= 0.3 is 0 Å². The van der Waals surface area contributed by atoms with Gasteiger partial charge in [0.15, 0.2) is 0 Å². The molecule has 1 N–H and O–H groups in total. The van der Waals surface area contributed by atoms with Gasteiger partial charge in [0, 0.05) is 10.5 Å². The molecule has 0 unspecified atom stereocenters. The number of hydrogen-bond donors (Lipinski definition) is 1. The summed E-state index contributed by atoms with van der Waals surface area (Å²) in [5, 5.41) is 9.94. The Morgan fingerprint density at radius 3 is 2.80 bits per heavy atom. The lowest BCUT2D eigenvalue weighted by Crippen LogP contribution is -2.32. The summed E-state index contributed by atoms with van der Waals surface area (Å²) in [6, 6.07) is 8.83. The van der Waals surface area contributed by atoms with Crippen molar-refractivity contribution in [3.05, 3.63) is 52.4 Å². The number of carbonyl (C=O) groups excluding carboxylic acids is 1. The van der Waals surface area contributed by atoms with Crippen molar-refractivity contribution in [2.45, 2.75) is 25.4 Å². The van der Waals surface area contributed by atoms with Gasteiger partial charge < -0.3 is 14.4 Å². The molecule has 1 amide bonds. The maximum atomic E-state index is 12.6. The Bertz CT molecular complexity index is 620. The fourth-order valence-electron chi connectivity index (χ4n) is 2.16. The van der Waals surface area contributed by atoms with Gasteiger partial charge in [0.1, 0.15) is 11.5 Å². The van der Waals surface area contributed by atoms with E-state index < -0.39 is 0 Å². The average molecular weight is 336 g/mol. The molecule has 3 rings (SSSR count). The highest BCUT2D eigenvalue weighted by atomic mass is 79.9. The molecule has 1 aliphatic rings. The molecule has 1 aromatic heterocycles. The smallest absolute Gasteiger partial charge is 0.258 e. The van der Waals surface area contributed by atoms with E-state index in [1.807, 2.05) is 12.1 Å². The van der Waals surface area contributed by atoms with Crippen LogP contribution in [0.15, 0.2) is 45.5 Å². The van der Waals surface area contributed by atoms with Gasteiger partial charge in [-0.05, 0) is 43.2 Å². The minimum Gasteiger partial charge on any atom is -0.507 e. The quantitative estimate of drug-likeness (QED) is 0.929. The van der Waals surface area contributed by atoms with Crippen LogP contribution in [-0.2, 0) is 6.54 Å². The number of rotatable bonds is 4. The predicted molar refractivity (Wildman–Crippen MR) is 77.4 cm³/mol. The van der Waals surface area contributed by atoms with Crippen LogP contribution in [0.2, 0.25) is 0 Å². The number of amides is 1. The number of hydrogen-bond acceptors (Lipinski definition) is 3. The van der Waals surface area contributed by atoms with Crippen molar-refractivity contribution < 1.29 is 14.3 Å². The summed E-state index contributed by atoms with van der Waals surface area (Å²) in [7, 11) is 0. The average Bonchev–Trinajstić information content (AvgIpc) is 3.12. The molecule has 0 spiro atoms. The van der Waals surface area contributed by atoms with Crippen molar-refractivity contribution in [3.8, 4) is 5.75 Å². The summed E-state index contributed by atoms with van der Waals surface area (Å²) < 4.78 is 6.06. The normalized spacial score (nSPS) is 14.2. The first-order chi connectivity index (χ1) is 9.65. The lowest BCUT2D eigenvalue weighted by atomic mass is 10.1. The zero-order valence-electron chi connectivity index (χ0n) is 10.8. The fraction of sp³-hybridized carbons (Fsp3) is 0.267. The van der Waals surface area contributed by atoms with Crippen LogP contribution in [-0.4, -0.2) is 22.0 Å². The highest BCUT2D eigenvalue weighted by molar-refractivity contribution is 9.10. The minimum absolute atomic E-state index is 0.00512. The molecule has 1 fully saturated rings. The summed E-state index contributed by atoms with van der Waals surface area (Å²) in [5.41, 5.74) is 0.326. The second-order valence-corrected chi connectivity index (χ2v) is 5.82. The zero-order chi connectivity index (χ0) is 14.1. The second kappa shape index (κ2) is 5.32. The first-order valence-corrected chi connectivity index (χ1v) is 7.26. The Kier molecular flexibility index (Phi) is 3.53. The third-order valence-corrected chi connectivity index (χ3v) is 3.84. The largest absolute Gasteiger partial charge is 0.507 e. The minimum atomic E-state index is -0.158. The lowest BCUT2D eigenvalue weighted by molar-refractivity contribution is 0.0714. The molecule has 0 saturated heterocycles. The molecule has 104 valence electrons. The SMILES string of the molecule is O=C(c1ccc(Br)cc1O)N(Cc1ccco1)C1CC1. The number of phenols is 1. The van der Waals surface area contributed by atoms with E-state index >= 15 is 0 Å². The van der Waals surface area contributed by atoms with Crippen LogP contribution in [0.3, 0.4) is 0 Å². The van der Waals surface area contributed by atoms with Crippen molar-refractivity contribution >= 4 is 21.8 Å². The van der Waals surface area contributed by atoms with Crippen molar-refractivity contribution in [2.75, 3.05) is 0 Å². The number of aromatic hydroxyl groups is 1. The van der Waals surface area contributed by atoms with E-state index in [0.29, 0.717) is 12.1 Å². The van der Waals surface area contributed by atoms with E-state index in [1.54, 1.807) is 23.3 Å². The van der Waals surface area contributed by atoms with Crippen LogP contribution < -0.4 is 0 Å². The number of carbonyl (C=O) groups is 1. The van der Waals surface area contributed by atoms with Crippen LogP contribution in [0.4, 0.5) is 0 Å². The maximum absolute atomic E-state index is 12.6. The van der Waals surface area contributed by atoms with E-state index in [1.165, 1.54) is 6.07 Å². The molecule has 20 heavy (non-hydrogen) atoms. The van der Waals surface area contributed by atoms with Crippen LogP contribution >= 0.6 is 15.9 Å². The van der Waals surface area contributed by atoms with Gasteiger partial charge in [-0.2, -0.15) is 0 Å². The molecule has 1 aromatic carbocycles. The third-order valence-electron chi connectivity index (χ3n) is 3.34. The van der Waals surface area contributed by atoms with E-state index in [2.05, 4.69) is 15.9 Å². The summed E-state index contributed by atoms with van der Waals surface area (Å²) >= 11 is 3.27. The topological polar surface area (TPSA) is 53.7 Å². The van der Waals surface area contributed by atoms with Gasteiger partial charge in [0.2, 0.25) is 0 Å². The Labute approximate surface area is 125 Å². The zero-order valence-corrected chi connectivity index (χ0v) is 12.3. The molecule has 1 heterocycles. The number of phenolic OH excluding ortho intramolecular Hbond substituents is 1. The van der Waals surface area contributed by atoms with Gasteiger partial charge in [-0.1, -0.05) is 15.9 Å². The van der Waals surface area contributed by atoms with Gasteiger partial charge in [0.25, 0.3) is 5.91 Å². The van der Waals surface area contributed by atoms with E-state index in [-0.39, 0.29) is 17.7 Å². The van der Waals surface area contributed by atoms with Crippen LogP contribution in [0, 0.1) is 0 Å². The summed E-state index contributed by atoms with van der Waals surface area (Å²) in [5.74, 6) is 0.588. The van der Waals surface area contributed by atoms with Gasteiger partial charge in [0.05, 0.1) is 18.4 Å². The first-order valence-electron chi connectivity index (χ1n) is 6.47. The highest BCUT2D eigenvalue weighted by Gasteiger charge is 2.34. The van der Waals surface area contributed by atoms with Crippen molar-refractivity contribution in [1.82, 2.24) is 4.90 Å². The molecule has 4 nitrogen and oxygen atoms in total. The first kappa shape index (κ1) is 13.2. The third kappa shape index (κ3) is 2.72. The molecular weight excluding hydrogens is 322 g/mol. The Morgan fingerprint density at radius 2 is 2.20 bits per heavy atom. The number of halogens is 1. The Hall–Kier alpha value is -1.75. The van der Waals surface area contributed by atoms with Gasteiger partial charge in [-0.15, -0.1) is 0 Å². The lowest BCUT2D eigenvalue weighted by Gasteiger charge is -2.21. The van der Waals surface area contributed by atoms with Crippen LogP contribution in [0.1, 0.15) is 29.0 Å². The molecular formula is C15H14BrNO3. The van der Waals surface area contributed by atoms with E-state index in [4.69, 9.17) is 4.42 Å². The van der Waals surface area contributed by atoms with Crippen molar-refractivity contribution in [2.24, 2.45) is 0 Å². The predicted octanol–water partition coefficient (Wildman–Crippen LogP) is 3.55. The Balaban J connectivity index is 1.85. The number of benzene rings is 1. The molecule has 2 aromatic rings. The number of nitrogens with zero attached hydrogens (tertiary/aromatic N) is 1. The molecule has 0 aliphatic heterocycles. The summed E-state index contributed by atoms with van der Waals surface area (Å²) in [4.78, 5) is 14.4.